The molecule has 4 heteroatoms. The summed E-state index contributed by atoms with van der Waals surface area (Å²) in [6.45, 7) is 8.49. The van der Waals surface area contributed by atoms with Crippen LogP contribution in [0.4, 0.5) is 4.39 Å². The van der Waals surface area contributed by atoms with Gasteiger partial charge in [0, 0.05) is 17.1 Å². The first-order chi connectivity index (χ1) is 11.9. The summed E-state index contributed by atoms with van der Waals surface area (Å²) in [4.78, 5) is 12.8. The topological polar surface area (TPSA) is 31.2 Å². The van der Waals surface area contributed by atoms with Crippen molar-refractivity contribution in [1.82, 2.24) is 4.57 Å². The van der Waals surface area contributed by atoms with Gasteiger partial charge in [0.15, 0.2) is 0 Å². The number of esters is 1. The number of hydrogen-bond donors (Lipinski definition) is 0. The van der Waals surface area contributed by atoms with Crippen LogP contribution in [0.15, 0.2) is 30.5 Å². The van der Waals surface area contributed by atoms with E-state index in [4.69, 9.17) is 4.74 Å². The molecular formula is C21H28FNO2. The highest BCUT2D eigenvalue weighted by molar-refractivity contribution is 5.83. The summed E-state index contributed by atoms with van der Waals surface area (Å²) in [6, 6.07) is 6.04. The number of halogens is 1. The molecule has 1 aromatic heterocycles. The van der Waals surface area contributed by atoms with Gasteiger partial charge in [0.25, 0.3) is 0 Å². The van der Waals surface area contributed by atoms with Gasteiger partial charge >= 0.3 is 5.97 Å². The van der Waals surface area contributed by atoms with Gasteiger partial charge in [-0.3, -0.25) is 0 Å². The number of nitrogens with zero attached hydrogens (tertiary/aromatic N) is 1. The third-order valence-electron chi connectivity index (χ3n) is 5.67. The van der Waals surface area contributed by atoms with Gasteiger partial charge in [-0.15, -0.1) is 0 Å². The summed E-state index contributed by atoms with van der Waals surface area (Å²) in [6.07, 6.45) is 5.10. The van der Waals surface area contributed by atoms with E-state index in [0.717, 1.165) is 23.7 Å². The first kappa shape index (κ1) is 18.0. The highest BCUT2D eigenvalue weighted by Gasteiger charge is 2.34. The number of benzene rings is 1. The maximum absolute atomic E-state index is 13.4. The SMILES string of the molecule is CC1CCC(C(C)C)C(OC(=O)C(C)n2ccc3cc(F)ccc32)C1. The van der Waals surface area contributed by atoms with E-state index in [1.807, 2.05) is 23.8 Å². The third-order valence-corrected chi connectivity index (χ3v) is 5.67. The molecule has 25 heavy (non-hydrogen) atoms. The van der Waals surface area contributed by atoms with Crippen molar-refractivity contribution in [2.45, 2.75) is 59.1 Å². The summed E-state index contributed by atoms with van der Waals surface area (Å²) in [5, 5.41) is 0.797. The lowest BCUT2D eigenvalue weighted by Crippen LogP contribution is -2.37. The summed E-state index contributed by atoms with van der Waals surface area (Å²) < 4.78 is 21.2. The Morgan fingerprint density at radius 2 is 2.00 bits per heavy atom. The second-order valence-electron chi connectivity index (χ2n) is 7.90. The molecule has 0 saturated heterocycles. The summed E-state index contributed by atoms with van der Waals surface area (Å²) >= 11 is 0. The molecular weight excluding hydrogens is 317 g/mol. The molecule has 0 amide bonds. The second-order valence-corrected chi connectivity index (χ2v) is 7.90. The van der Waals surface area contributed by atoms with Gasteiger partial charge in [-0.1, -0.05) is 27.2 Å². The van der Waals surface area contributed by atoms with Crippen LogP contribution in [0.3, 0.4) is 0 Å². The van der Waals surface area contributed by atoms with Crippen molar-refractivity contribution >= 4 is 16.9 Å². The Bertz CT molecular complexity index is 751. The van der Waals surface area contributed by atoms with Crippen molar-refractivity contribution in [3.8, 4) is 0 Å². The van der Waals surface area contributed by atoms with E-state index in [1.165, 1.54) is 18.6 Å². The van der Waals surface area contributed by atoms with Gasteiger partial charge in [-0.25, -0.2) is 9.18 Å². The second kappa shape index (κ2) is 7.19. The van der Waals surface area contributed by atoms with Gasteiger partial charge in [-0.2, -0.15) is 0 Å². The van der Waals surface area contributed by atoms with Gasteiger partial charge in [0.05, 0.1) is 0 Å². The highest BCUT2D eigenvalue weighted by atomic mass is 19.1. The molecule has 1 aromatic carbocycles. The molecule has 0 aliphatic heterocycles. The zero-order valence-electron chi connectivity index (χ0n) is 15.5. The van der Waals surface area contributed by atoms with E-state index in [2.05, 4.69) is 20.8 Å². The van der Waals surface area contributed by atoms with Crippen molar-refractivity contribution in [3.05, 3.63) is 36.3 Å². The van der Waals surface area contributed by atoms with Crippen LogP contribution in [0.25, 0.3) is 10.9 Å². The van der Waals surface area contributed by atoms with E-state index in [0.29, 0.717) is 17.8 Å². The fraction of sp³-hybridized carbons (Fsp3) is 0.571. The Balaban J connectivity index is 1.77. The molecule has 1 heterocycles. The van der Waals surface area contributed by atoms with Crippen molar-refractivity contribution in [1.29, 1.82) is 0 Å². The summed E-state index contributed by atoms with van der Waals surface area (Å²) in [7, 11) is 0. The molecule has 2 aromatic rings. The monoisotopic (exact) mass is 345 g/mol. The lowest BCUT2D eigenvalue weighted by atomic mass is 9.75. The molecule has 136 valence electrons. The van der Waals surface area contributed by atoms with Crippen molar-refractivity contribution in [3.63, 3.8) is 0 Å². The Hall–Kier alpha value is -1.84. The normalized spacial score (nSPS) is 25.3. The number of aromatic nitrogens is 1. The number of rotatable bonds is 4. The van der Waals surface area contributed by atoms with Gasteiger partial charge in [0.1, 0.15) is 18.0 Å². The van der Waals surface area contributed by atoms with E-state index < -0.39 is 6.04 Å². The lowest BCUT2D eigenvalue weighted by Gasteiger charge is -2.37. The Kier molecular flexibility index (Phi) is 5.16. The number of fused-ring (bicyclic) bond motifs is 1. The van der Waals surface area contributed by atoms with Crippen molar-refractivity contribution in [2.75, 3.05) is 0 Å². The molecule has 0 N–H and O–H groups in total. The molecule has 0 spiro atoms. The Morgan fingerprint density at radius 3 is 2.72 bits per heavy atom. The fourth-order valence-corrected chi connectivity index (χ4v) is 4.08. The van der Waals surface area contributed by atoms with Gasteiger partial charge in [0.2, 0.25) is 0 Å². The highest BCUT2D eigenvalue weighted by Crippen LogP contribution is 2.36. The predicted molar refractivity (Wildman–Crippen MR) is 97.8 cm³/mol. The molecule has 4 unspecified atom stereocenters. The maximum atomic E-state index is 13.4. The minimum atomic E-state index is -0.423. The van der Waals surface area contributed by atoms with E-state index in [-0.39, 0.29) is 17.9 Å². The van der Waals surface area contributed by atoms with Crippen LogP contribution in [0.5, 0.6) is 0 Å². The minimum absolute atomic E-state index is 0.00188. The maximum Gasteiger partial charge on any atom is 0.329 e. The van der Waals surface area contributed by atoms with Crippen LogP contribution in [0, 0.1) is 23.6 Å². The number of carbonyl (C=O) groups excluding carboxylic acids is 1. The van der Waals surface area contributed by atoms with Crippen LogP contribution in [-0.4, -0.2) is 16.6 Å². The largest absolute Gasteiger partial charge is 0.461 e. The molecule has 0 bridgehead atoms. The molecule has 1 fully saturated rings. The van der Waals surface area contributed by atoms with E-state index in [1.54, 1.807) is 6.07 Å². The average Bonchev–Trinajstić information content (AvgIpc) is 2.96. The lowest BCUT2D eigenvalue weighted by molar-refractivity contribution is -0.159. The van der Waals surface area contributed by atoms with E-state index >= 15 is 0 Å². The van der Waals surface area contributed by atoms with Gasteiger partial charge in [-0.05, 0) is 61.8 Å². The smallest absolute Gasteiger partial charge is 0.329 e. The molecule has 1 saturated carbocycles. The van der Waals surface area contributed by atoms with Gasteiger partial charge < -0.3 is 9.30 Å². The summed E-state index contributed by atoms with van der Waals surface area (Å²) in [5.41, 5.74) is 0.850. The van der Waals surface area contributed by atoms with E-state index in [9.17, 15) is 9.18 Å². The number of hydrogen-bond acceptors (Lipinski definition) is 2. The van der Waals surface area contributed by atoms with Crippen LogP contribution in [-0.2, 0) is 9.53 Å². The minimum Gasteiger partial charge on any atom is -0.461 e. The quantitative estimate of drug-likeness (QED) is 0.700. The first-order valence-electron chi connectivity index (χ1n) is 9.33. The van der Waals surface area contributed by atoms with Crippen LogP contribution in [0.2, 0.25) is 0 Å². The zero-order chi connectivity index (χ0) is 18.1. The Morgan fingerprint density at radius 1 is 1.24 bits per heavy atom. The van der Waals surface area contributed by atoms with Crippen molar-refractivity contribution < 1.29 is 13.9 Å². The van der Waals surface area contributed by atoms with Crippen LogP contribution < -0.4 is 0 Å². The molecule has 1 aliphatic rings. The number of carbonyl (C=O) groups is 1. The number of ether oxygens (including phenoxy) is 1. The molecule has 3 nitrogen and oxygen atoms in total. The standard InChI is InChI=1S/C21H28FNO2/c1-13(2)18-7-5-14(3)11-20(18)25-21(24)15(4)23-10-9-16-12-17(22)6-8-19(16)23/h6,8-10,12-15,18,20H,5,7,11H2,1-4H3. The predicted octanol–water partition coefficient (Wildman–Crippen LogP) is 5.35. The molecule has 4 atom stereocenters. The fourth-order valence-electron chi connectivity index (χ4n) is 4.08. The van der Waals surface area contributed by atoms with Crippen LogP contribution in [0.1, 0.15) is 53.0 Å². The van der Waals surface area contributed by atoms with Crippen molar-refractivity contribution in [2.24, 2.45) is 17.8 Å². The summed E-state index contributed by atoms with van der Waals surface area (Å²) in [5.74, 6) is 1.07. The zero-order valence-corrected chi connectivity index (χ0v) is 15.5. The Labute approximate surface area is 149 Å². The first-order valence-corrected chi connectivity index (χ1v) is 9.33. The van der Waals surface area contributed by atoms with Crippen LogP contribution >= 0.6 is 0 Å². The average molecular weight is 345 g/mol. The molecule has 0 radical (unpaired) electrons. The molecule has 3 rings (SSSR count). The third kappa shape index (κ3) is 3.73. The molecule has 1 aliphatic carbocycles.